The molecule has 8 nitrogen and oxygen atoms in total. The number of nitrogens with zero attached hydrogens (tertiary/aromatic N) is 6. The van der Waals surface area contributed by atoms with E-state index in [2.05, 4.69) is 50.9 Å². The Morgan fingerprint density at radius 2 is 1.71 bits per heavy atom. The summed E-state index contributed by atoms with van der Waals surface area (Å²) in [6.45, 7) is 19.4. The molecule has 2 fully saturated rings. The average molecular weight is 621 g/mol. The summed E-state index contributed by atoms with van der Waals surface area (Å²) in [4.78, 5) is 27.2. The summed E-state index contributed by atoms with van der Waals surface area (Å²) in [5.74, 6) is 0.581. The van der Waals surface area contributed by atoms with Crippen LogP contribution in [0.15, 0.2) is 36.7 Å². The molecule has 3 aromatic rings. The number of hydrogen-bond acceptors (Lipinski definition) is 6. The predicted octanol–water partition coefficient (Wildman–Crippen LogP) is 4.82. The van der Waals surface area contributed by atoms with Gasteiger partial charge in [-0.2, -0.15) is 0 Å². The molecular weight excluding hydrogens is 567 g/mol. The van der Waals surface area contributed by atoms with Gasteiger partial charge in [0.2, 0.25) is 0 Å². The van der Waals surface area contributed by atoms with Gasteiger partial charge in [0.05, 0.1) is 23.9 Å². The second-order valence-corrected chi connectivity index (χ2v) is 13.9. The standard InChI is InChI=1S/C36H53FN6O2/c1-25(2)34(8-7-11-40-12-14-41(15-13-40)16-17-44)42-23-28(24-42)18-30-20-32(35-22-38-21-27(5)43(30)35)31-10-9-29(37)19-33(31)36(45)39(6)26(3)4/h9-10,19-22,25-26,28,34,44H,7-8,11-18,23-24H2,1-6H3/t34-/m1/s1. The zero-order valence-electron chi connectivity index (χ0n) is 28.2. The van der Waals surface area contributed by atoms with Gasteiger partial charge in [-0.15, -0.1) is 0 Å². The number of likely N-dealkylation sites (tertiary alicyclic amines) is 1. The second-order valence-electron chi connectivity index (χ2n) is 13.9. The number of fused-ring (bicyclic) bond motifs is 1. The van der Waals surface area contributed by atoms with Crippen LogP contribution in [0.3, 0.4) is 0 Å². The topological polar surface area (TPSA) is 67.6 Å². The Bertz CT molecular complexity index is 1440. The molecule has 4 heterocycles. The summed E-state index contributed by atoms with van der Waals surface area (Å²) in [6, 6.07) is 7.35. The molecule has 0 bridgehead atoms. The number of aryl methyl sites for hydroxylation is 1. The SMILES string of the molecule is Cc1cncc2c(-c3ccc(F)cc3C(=O)N(C)C(C)C)cc(CC3CN([C@H](CCCN4CCN(CCO)CC4)C(C)C)C3)n12. The van der Waals surface area contributed by atoms with Crippen molar-refractivity contribution in [3.05, 3.63) is 59.4 Å². The van der Waals surface area contributed by atoms with Crippen molar-refractivity contribution in [2.45, 2.75) is 66.0 Å². The van der Waals surface area contributed by atoms with Crippen LogP contribution in [0.5, 0.6) is 0 Å². The minimum atomic E-state index is -0.410. The summed E-state index contributed by atoms with van der Waals surface area (Å²) in [5, 5.41) is 9.21. The second kappa shape index (κ2) is 14.7. The maximum Gasteiger partial charge on any atom is 0.254 e. The maximum absolute atomic E-state index is 14.5. The summed E-state index contributed by atoms with van der Waals surface area (Å²) in [7, 11) is 1.77. The first kappa shape index (κ1) is 33.5. The lowest BCUT2D eigenvalue weighted by atomic mass is 9.87. The number of amides is 1. The molecule has 1 aromatic carbocycles. The first-order chi connectivity index (χ1) is 21.6. The van der Waals surface area contributed by atoms with Crippen molar-refractivity contribution in [3.8, 4) is 11.1 Å². The maximum atomic E-state index is 14.5. The molecule has 2 saturated heterocycles. The van der Waals surface area contributed by atoms with Gasteiger partial charge in [0.15, 0.2) is 0 Å². The van der Waals surface area contributed by atoms with Gasteiger partial charge >= 0.3 is 0 Å². The largest absolute Gasteiger partial charge is 0.395 e. The van der Waals surface area contributed by atoms with Crippen LogP contribution < -0.4 is 0 Å². The van der Waals surface area contributed by atoms with Crippen molar-refractivity contribution in [1.29, 1.82) is 0 Å². The van der Waals surface area contributed by atoms with Crippen molar-refractivity contribution in [2.75, 3.05) is 66.0 Å². The third-order valence-corrected chi connectivity index (χ3v) is 10.1. The molecule has 0 aliphatic carbocycles. The quantitative estimate of drug-likeness (QED) is 0.296. The minimum absolute atomic E-state index is 0.00297. The Kier molecular flexibility index (Phi) is 11.0. The molecule has 5 rings (SSSR count). The van der Waals surface area contributed by atoms with Crippen molar-refractivity contribution in [2.24, 2.45) is 11.8 Å². The third kappa shape index (κ3) is 7.59. The van der Waals surface area contributed by atoms with E-state index in [9.17, 15) is 14.3 Å². The van der Waals surface area contributed by atoms with Crippen LogP contribution in [0.25, 0.3) is 16.6 Å². The summed E-state index contributed by atoms with van der Waals surface area (Å²) in [5.41, 5.74) is 5.27. The number of benzene rings is 1. The summed E-state index contributed by atoms with van der Waals surface area (Å²) < 4.78 is 16.7. The Morgan fingerprint density at radius 1 is 1.02 bits per heavy atom. The molecule has 1 N–H and O–H groups in total. The smallest absolute Gasteiger partial charge is 0.254 e. The molecule has 1 atom stereocenters. The van der Waals surface area contributed by atoms with Crippen LogP contribution in [0, 0.1) is 24.6 Å². The first-order valence-electron chi connectivity index (χ1n) is 16.9. The van der Waals surface area contributed by atoms with Crippen LogP contribution in [0.1, 0.15) is 62.3 Å². The molecule has 2 aliphatic heterocycles. The summed E-state index contributed by atoms with van der Waals surface area (Å²) in [6.07, 6.45) is 7.13. The predicted molar refractivity (Wildman–Crippen MR) is 179 cm³/mol. The number of aliphatic hydroxyl groups is 1. The van der Waals surface area contributed by atoms with E-state index in [1.165, 1.54) is 30.7 Å². The number of aliphatic hydroxyl groups excluding tert-OH is 1. The zero-order valence-corrected chi connectivity index (χ0v) is 28.2. The number of carbonyl (C=O) groups excluding carboxylic acids is 1. The van der Waals surface area contributed by atoms with Crippen LogP contribution in [-0.4, -0.2) is 118 Å². The van der Waals surface area contributed by atoms with Gasteiger partial charge < -0.3 is 19.3 Å². The molecule has 0 spiro atoms. The molecule has 246 valence electrons. The molecule has 0 radical (unpaired) electrons. The number of rotatable bonds is 13. The molecule has 2 aromatic heterocycles. The molecular formula is C36H53FN6O2. The molecule has 9 heteroatoms. The lowest BCUT2D eigenvalue weighted by Gasteiger charge is -2.46. The third-order valence-electron chi connectivity index (χ3n) is 10.1. The first-order valence-corrected chi connectivity index (χ1v) is 16.9. The van der Waals surface area contributed by atoms with Gasteiger partial charge in [-0.1, -0.05) is 19.9 Å². The van der Waals surface area contributed by atoms with E-state index in [-0.39, 0.29) is 18.6 Å². The van der Waals surface area contributed by atoms with Gasteiger partial charge in [-0.25, -0.2) is 4.39 Å². The van der Waals surface area contributed by atoms with Gasteiger partial charge in [-0.05, 0) is 82.2 Å². The molecule has 0 saturated carbocycles. The Hall–Kier alpha value is -2.85. The minimum Gasteiger partial charge on any atom is -0.395 e. The van der Waals surface area contributed by atoms with E-state index in [1.807, 2.05) is 26.2 Å². The van der Waals surface area contributed by atoms with E-state index >= 15 is 0 Å². The molecule has 0 unspecified atom stereocenters. The fraction of sp³-hybridized carbons (Fsp3) is 0.611. The van der Waals surface area contributed by atoms with Gasteiger partial charge in [0, 0.05) is 88.1 Å². The Balaban J connectivity index is 1.27. The van der Waals surface area contributed by atoms with Gasteiger partial charge in [0.25, 0.3) is 5.91 Å². The highest BCUT2D eigenvalue weighted by molar-refractivity contribution is 6.03. The fourth-order valence-electron chi connectivity index (χ4n) is 7.26. The Labute approximate surface area is 268 Å². The number of hydrogen-bond donors (Lipinski definition) is 1. The van der Waals surface area contributed by atoms with E-state index in [1.54, 1.807) is 18.0 Å². The van der Waals surface area contributed by atoms with Crippen LogP contribution in [0.2, 0.25) is 0 Å². The lowest BCUT2D eigenvalue weighted by Crippen LogP contribution is -2.54. The van der Waals surface area contributed by atoms with E-state index in [0.29, 0.717) is 23.4 Å². The van der Waals surface area contributed by atoms with Crippen LogP contribution >= 0.6 is 0 Å². The highest BCUT2D eigenvalue weighted by Gasteiger charge is 2.34. The van der Waals surface area contributed by atoms with E-state index in [0.717, 1.165) is 81.1 Å². The zero-order chi connectivity index (χ0) is 32.2. The number of β-amino-alcohol motifs (C(OH)–C–C–N with tert-alkyl or cyclic N) is 1. The van der Waals surface area contributed by atoms with E-state index < -0.39 is 5.82 Å². The number of halogens is 1. The van der Waals surface area contributed by atoms with Crippen molar-refractivity contribution >= 4 is 11.4 Å². The highest BCUT2D eigenvalue weighted by atomic mass is 19.1. The number of aromatic nitrogens is 2. The average Bonchev–Trinajstić information content (AvgIpc) is 3.36. The lowest BCUT2D eigenvalue weighted by molar-refractivity contribution is 0.0239. The fourth-order valence-corrected chi connectivity index (χ4v) is 7.26. The van der Waals surface area contributed by atoms with Crippen molar-refractivity contribution in [1.82, 2.24) is 29.0 Å². The highest BCUT2D eigenvalue weighted by Crippen LogP contribution is 2.35. The van der Waals surface area contributed by atoms with Crippen molar-refractivity contribution in [3.63, 3.8) is 0 Å². The summed E-state index contributed by atoms with van der Waals surface area (Å²) >= 11 is 0. The molecule has 45 heavy (non-hydrogen) atoms. The Morgan fingerprint density at radius 3 is 2.36 bits per heavy atom. The van der Waals surface area contributed by atoms with Crippen LogP contribution in [0.4, 0.5) is 4.39 Å². The van der Waals surface area contributed by atoms with Crippen LogP contribution in [-0.2, 0) is 6.42 Å². The monoisotopic (exact) mass is 620 g/mol. The van der Waals surface area contributed by atoms with Gasteiger partial charge in [0.1, 0.15) is 5.82 Å². The number of carbonyl (C=O) groups is 1. The van der Waals surface area contributed by atoms with Crippen molar-refractivity contribution < 1.29 is 14.3 Å². The number of piperazine rings is 1. The van der Waals surface area contributed by atoms with E-state index in [4.69, 9.17) is 0 Å². The molecule has 2 aliphatic rings. The normalized spacial score (nSPS) is 17.8. The molecule has 1 amide bonds. The van der Waals surface area contributed by atoms with Gasteiger partial charge in [-0.3, -0.25) is 19.6 Å².